The van der Waals surface area contributed by atoms with E-state index in [2.05, 4.69) is 0 Å². The maximum absolute atomic E-state index is 13.3. The van der Waals surface area contributed by atoms with Crippen molar-refractivity contribution in [3.05, 3.63) is 23.3 Å². The number of cyclic esters (lactones) is 1. The van der Waals surface area contributed by atoms with E-state index in [-0.39, 0.29) is 35.6 Å². The first-order valence-corrected chi connectivity index (χ1v) is 13.2. The highest BCUT2D eigenvalue weighted by molar-refractivity contribution is 5.97. The van der Waals surface area contributed by atoms with E-state index in [4.69, 9.17) is 9.47 Å². The second-order valence-corrected chi connectivity index (χ2v) is 12.8. The van der Waals surface area contributed by atoms with E-state index in [0.717, 1.165) is 5.57 Å². The summed E-state index contributed by atoms with van der Waals surface area (Å²) in [5, 5.41) is 36.5. The van der Waals surface area contributed by atoms with Gasteiger partial charge in [-0.05, 0) is 64.9 Å². The van der Waals surface area contributed by atoms with Gasteiger partial charge >= 0.3 is 5.97 Å². The molecule has 7 nitrogen and oxygen atoms in total. The first-order valence-electron chi connectivity index (χ1n) is 13.2. The van der Waals surface area contributed by atoms with Gasteiger partial charge in [0.2, 0.25) is 0 Å². The van der Waals surface area contributed by atoms with Gasteiger partial charge in [-0.1, -0.05) is 25.5 Å². The van der Waals surface area contributed by atoms with E-state index in [0.29, 0.717) is 44.1 Å². The summed E-state index contributed by atoms with van der Waals surface area (Å²) >= 11 is 0. The lowest BCUT2D eigenvalue weighted by molar-refractivity contribution is -0.253. The molecular formula is C28H38O7. The third kappa shape index (κ3) is 2.51. The third-order valence-corrected chi connectivity index (χ3v) is 12.0. The highest BCUT2D eigenvalue weighted by Crippen LogP contribution is 2.73. The Morgan fingerprint density at radius 1 is 1.06 bits per heavy atom. The fraction of sp³-hybridized carbons (Fsp3) is 0.786. The van der Waals surface area contributed by atoms with Crippen LogP contribution in [0, 0.1) is 28.6 Å². The molecule has 2 heterocycles. The van der Waals surface area contributed by atoms with E-state index in [1.54, 1.807) is 19.1 Å². The van der Waals surface area contributed by atoms with E-state index in [1.165, 1.54) is 0 Å². The van der Waals surface area contributed by atoms with Crippen LogP contribution < -0.4 is 0 Å². The maximum atomic E-state index is 13.3. The van der Waals surface area contributed by atoms with E-state index in [9.17, 15) is 24.9 Å². The zero-order valence-corrected chi connectivity index (χ0v) is 21.3. The summed E-state index contributed by atoms with van der Waals surface area (Å²) in [5.74, 6) is -1.42. The first kappa shape index (κ1) is 23.8. The van der Waals surface area contributed by atoms with Gasteiger partial charge in [0.25, 0.3) is 0 Å². The van der Waals surface area contributed by atoms with Crippen LogP contribution in [0.15, 0.2) is 23.3 Å². The van der Waals surface area contributed by atoms with Crippen molar-refractivity contribution in [1.82, 2.24) is 0 Å². The number of rotatable bonds is 2. The largest absolute Gasteiger partial charge is 0.458 e. The predicted molar refractivity (Wildman–Crippen MR) is 126 cm³/mol. The van der Waals surface area contributed by atoms with Gasteiger partial charge in [0, 0.05) is 29.2 Å². The number of carbonyl (C=O) groups excluding carboxylic acids is 2. The van der Waals surface area contributed by atoms with Gasteiger partial charge in [-0.2, -0.15) is 0 Å². The van der Waals surface area contributed by atoms with E-state index in [1.807, 2.05) is 27.7 Å². The minimum Gasteiger partial charge on any atom is -0.458 e. The highest BCUT2D eigenvalue weighted by Gasteiger charge is 2.82. The maximum Gasteiger partial charge on any atom is 0.333 e. The monoisotopic (exact) mass is 486 g/mol. The van der Waals surface area contributed by atoms with Crippen molar-refractivity contribution in [2.24, 2.45) is 28.6 Å². The van der Waals surface area contributed by atoms with Crippen molar-refractivity contribution >= 4 is 11.8 Å². The molecule has 11 atom stereocenters. The van der Waals surface area contributed by atoms with E-state index >= 15 is 0 Å². The fourth-order valence-corrected chi connectivity index (χ4v) is 9.23. The molecule has 6 rings (SSSR count). The number of allylic oxidation sites excluding steroid dienone is 1. The molecular weight excluding hydrogens is 448 g/mol. The number of hydrogen-bond donors (Lipinski definition) is 3. The Hall–Kier alpha value is -1.54. The molecule has 35 heavy (non-hydrogen) atoms. The van der Waals surface area contributed by atoms with Crippen LogP contribution in [0.1, 0.15) is 73.1 Å². The number of epoxide rings is 1. The lowest BCUT2D eigenvalue weighted by atomic mass is 9.41. The number of esters is 1. The summed E-state index contributed by atoms with van der Waals surface area (Å²) in [4.78, 5) is 25.7. The Morgan fingerprint density at radius 2 is 1.77 bits per heavy atom. The quantitative estimate of drug-likeness (QED) is 0.406. The van der Waals surface area contributed by atoms with Gasteiger partial charge in [-0.3, -0.25) is 4.79 Å². The van der Waals surface area contributed by atoms with Gasteiger partial charge in [0.05, 0.1) is 22.7 Å². The fourth-order valence-electron chi connectivity index (χ4n) is 9.23. The minimum atomic E-state index is -1.27. The van der Waals surface area contributed by atoms with Crippen LogP contribution in [0.5, 0.6) is 0 Å². The Labute approximate surface area is 206 Å². The average molecular weight is 487 g/mol. The molecule has 0 radical (unpaired) electrons. The molecule has 3 N–H and O–H groups in total. The SMILES string of the molecule is CC1=C(C)C(=O)O[C@@H]([C@@H](C)[C@@]2(O)CC[C@@]3(O)[C@@H]4[C@@H]5O[C@@H]5[C@@]5(O)CC=CC(=O)[C@]5(C)[C@H]4CC[C@@]32C)C1. The molecule has 0 bridgehead atoms. The van der Waals surface area contributed by atoms with Crippen molar-refractivity contribution in [2.45, 2.75) is 108 Å². The average Bonchev–Trinajstić information content (AvgIpc) is 3.57. The summed E-state index contributed by atoms with van der Waals surface area (Å²) in [7, 11) is 0. The van der Waals surface area contributed by atoms with Gasteiger partial charge in [-0.25, -0.2) is 4.79 Å². The molecule has 0 aromatic heterocycles. The second-order valence-electron chi connectivity index (χ2n) is 12.8. The molecule has 6 aliphatic rings. The molecule has 0 amide bonds. The normalized spacial score (nSPS) is 55.5. The zero-order valence-electron chi connectivity index (χ0n) is 21.3. The molecule has 1 saturated heterocycles. The van der Waals surface area contributed by atoms with Crippen molar-refractivity contribution < 1.29 is 34.4 Å². The molecule has 0 unspecified atom stereocenters. The van der Waals surface area contributed by atoms with Crippen LogP contribution in [0.25, 0.3) is 0 Å². The van der Waals surface area contributed by atoms with Gasteiger partial charge in [0.1, 0.15) is 17.8 Å². The summed E-state index contributed by atoms with van der Waals surface area (Å²) in [6, 6.07) is 0. The number of fused-ring (bicyclic) bond motifs is 8. The number of carbonyl (C=O) groups is 2. The van der Waals surface area contributed by atoms with Crippen LogP contribution in [-0.2, 0) is 19.1 Å². The first-order chi connectivity index (χ1) is 16.3. The van der Waals surface area contributed by atoms with Crippen LogP contribution >= 0.6 is 0 Å². The molecule has 192 valence electrons. The summed E-state index contributed by atoms with van der Waals surface area (Å²) in [6.45, 7) is 9.45. The Bertz CT molecular complexity index is 1080. The Morgan fingerprint density at radius 3 is 2.46 bits per heavy atom. The van der Waals surface area contributed by atoms with Crippen molar-refractivity contribution in [1.29, 1.82) is 0 Å². The molecule has 0 aromatic rings. The number of ketones is 1. The van der Waals surface area contributed by atoms with Gasteiger partial charge < -0.3 is 24.8 Å². The van der Waals surface area contributed by atoms with Crippen LogP contribution in [0.2, 0.25) is 0 Å². The van der Waals surface area contributed by atoms with Crippen LogP contribution in [0.3, 0.4) is 0 Å². The predicted octanol–water partition coefficient (Wildman–Crippen LogP) is 2.61. The van der Waals surface area contributed by atoms with Crippen molar-refractivity contribution in [3.8, 4) is 0 Å². The highest BCUT2D eigenvalue weighted by atomic mass is 16.6. The number of ether oxygens (including phenoxy) is 2. The molecule has 0 spiro atoms. The van der Waals surface area contributed by atoms with Crippen LogP contribution in [-0.4, -0.2) is 62.2 Å². The van der Waals surface area contributed by atoms with Gasteiger partial charge in [-0.15, -0.1) is 0 Å². The Balaban J connectivity index is 1.38. The summed E-state index contributed by atoms with van der Waals surface area (Å²) in [5.41, 5.74) is -4.08. The van der Waals surface area contributed by atoms with Crippen molar-refractivity contribution in [3.63, 3.8) is 0 Å². The summed E-state index contributed by atoms with van der Waals surface area (Å²) in [6.07, 6.45) is 4.85. The lowest BCUT2D eigenvalue weighted by Crippen LogP contribution is -2.73. The number of hydrogen-bond acceptors (Lipinski definition) is 7. The molecule has 4 aliphatic carbocycles. The topological polar surface area (TPSA) is 117 Å². The molecule has 4 fully saturated rings. The zero-order chi connectivity index (χ0) is 25.3. The summed E-state index contributed by atoms with van der Waals surface area (Å²) < 4.78 is 11.9. The second kappa shape index (κ2) is 6.85. The van der Waals surface area contributed by atoms with Gasteiger partial charge in [0.15, 0.2) is 5.78 Å². The third-order valence-electron chi connectivity index (χ3n) is 12.0. The Kier molecular flexibility index (Phi) is 4.67. The molecule has 7 heteroatoms. The van der Waals surface area contributed by atoms with Crippen LogP contribution in [0.4, 0.5) is 0 Å². The number of aliphatic hydroxyl groups is 3. The standard InChI is InChI=1S/C28H38O7/c1-14-13-18(34-23(30)15(14)2)16(3)26(31)11-12-27(32)20-17(8-10-24(26,27)4)25(5)19(29)7-6-9-28(25,33)22-21(20)35-22/h6-7,16-18,20-22,31-33H,8-13H2,1-5H3/t16-,17+,18-,20+,21+,22+,24-,25+,26+,27-,28+/m1/s1. The smallest absolute Gasteiger partial charge is 0.333 e. The minimum absolute atomic E-state index is 0.101. The van der Waals surface area contributed by atoms with Crippen molar-refractivity contribution in [2.75, 3.05) is 0 Å². The molecule has 0 aromatic carbocycles. The van der Waals surface area contributed by atoms with E-state index < -0.39 is 39.8 Å². The molecule has 3 saturated carbocycles. The lowest BCUT2D eigenvalue weighted by Gasteiger charge is -2.63. The molecule has 2 aliphatic heterocycles.